The van der Waals surface area contributed by atoms with Gasteiger partial charge in [0.05, 0.1) is 7.11 Å². The van der Waals surface area contributed by atoms with E-state index in [1.54, 1.807) is 19.2 Å². The van der Waals surface area contributed by atoms with Crippen LogP contribution in [0.4, 0.5) is 4.39 Å². The maximum absolute atomic E-state index is 13.9. The predicted octanol–water partition coefficient (Wildman–Crippen LogP) is 4.30. The van der Waals surface area contributed by atoms with E-state index in [2.05, 4.69) is 15.9 Å². The molecule has 1 N–H and O–H groups in total. The normalized spacial score (nSPS) is 12.3. The van der Waals surface area contributed by atoms with Gasteiger partial charge in [0, 0.05) is 15.6 Å². The highest BCUT2D eigenvalue weighted by Gasteiger charge is 2.21. The molecule has 2 aromatic rings. The summed E-state index contributed by atoms with van der Waals surface area (Å²) in [7, 11) is 1.54. The Labute approximate surface area is 126 Å². The van der Waals surface area contributed by atoms with E-state index in [1.807, 2.05) is 26.0 Å². The monoisotopic (exact) mass is 338 g/mol. The molecule has 0 spiro atoms. The second kappa shape index (κ2) is 5.94. The molecule has 0 amide bonds. The highest BCUT2D eigenvalue weighted by Crippen LogP contribution is 2.35. The van der Waals surface area contributed by atoms with Crippen molar-refractivity contribution in [3.05, 3.63) is 62.9 Å². The first kappa shape index (κ1) is 15.0. The van der Waals surface area contributed by atoms with Crippen LogP contribution in [0.2, 0.25) is 0 Å². The van der Waals surface area contributed by atoms with Crippen LogP contribution >= 0.6 is 15.9 Å². The van der Waals surface area contributed by atoms with Gasteiger partial charge < -0.3 is 9.84 Å². The van der Waals surface area contributed by atoms with Crippen molar-refractivity contribution in [3.8, 4) is 5.75 Å². The molecular weight excluding hydrogens is 323 g/mol. The van der Waals surface area contributed by atoms with Gasteiger partial charge in [-0.15, -0.1) is 0 Å². The van der Waals surface area contributed by atoms with Gasteiger partial charge in [-0.1, -0.05) is 22.0 Å². The number of hydrogen-bond donors (Lipinski definition) is 1. The highest BCUT2D eigenvalue weighted by atomic mass is 79.9. The summed E-state index contributed by atoms with van der Waals surface area (Å²) < 4.78 is 20.0. The topological polar surface area (TPSA) is 29.5 Å². The molecule has 2 rings (SSSR count). The van der Waals surface area contributed by atoms with Crippen LogP contribution in [0.25, 0.3) is 0 Å². The number of rotatable bonds is 3. The third-order valence-electron chi connectivity index (χ3n) is 3.24. The van der Waals surface area contributed by atoms with Crippen molar-refractivity contribution in [2.75, 3.05) is 7.11 Å². The van der Waals surface area contributed by atoms with Crippen LogP contribution in [0.5, 0.6) is 5.75 Å². The number of aliphatic hydroxyl groups is 1. The van der Waals surface area contributed by atoms with Crippen LogP contribution in [-0.2, 0) is 0 Å². The molecule has 0 aliphatic carbocycles. The third kappa shape index (κ3) is 2.86. The molecule has 0 radical (unpaired) electrons. The summed E-state index contributed by atoms with van der Waals surface area (Å²) in [5, 5.41) is 10.5. The molecule has 0 aliphatic heterocycles. The SMILES string of the molecule is COc1cc(C)cc(C)c1C(O)c1cc(Br)ccc1F. The second-order valence-corrected chi connectivity index (χ2v) is 5.68. The summed E-state index contributed by atoms with van der Waals surface area (Å²) in [6, 6.07) is 8.29. The molecule has 2 aromatic carbocycles. The maximum Gasteiger partial charge on any atom is 0.129 e. The molecule has 0 bridgehead atoms. The first-order chi connectivity index (χ1) is 9.43. The minimum Gasteiger partial charge on any atom is -0.496 e. The van der Waals surface area contributed by atoms with Crippen LogP contribution in [0.3, 0.4) is 0 Å². The lowest BCUT2D eigenvalue weighted by atomic mass is 9.94. The van der Waals surface area contributed by atoms with E-state index in [9.17, 15) is 9.50 Å². The molecular formula is C16H16BrFO2. The lowest BCUT2D eigenvalue weighted by molar-refractivity contribution is 0.208. The number of ether oxygens (including phenoxy) is 1. The Morgan fingerprint density at radius 1 is 1.20 bits per heavy atom. The molecule has 2 nitrogen and oxygen atoms in total. The van der Waals surface area contributed by atoms with Crippen molar-refractivity contribution in [1.29, 1.82) is 0 Å². The van der Waals surface area contributed by atoms with E-state index in [1.165, 1.54) is 6.07 Å². The fourth-order valence-electron chi connectivity index (χ4n) is 2.34. The average Bonchev–Trinajstić information content (AvgIpc) is 2.40. The summed E-state index contributed by atoms with van der Waals surface area (Å²) in [6.45, 7) is 3.83. The lowest BCUT2D eigenvalue weighted by Gasteiger charge is -2.19. The summed E-state index contributed by atoms with van der Waals surface area (Å²) in [4.78, 5) is 0. The lowest BCUT2D eigenvalue weighted by Crippen LogP contribution is -2.07. The summed E-state index contributed by atoms with van der Waals surface area (Å²) in [5.41, 5.74) is 2.72. The number of benzene rings is 2. The molecule has 0 aliphatic rings. The van der Waals surface area contributed by atoms with Crippen molar-refractivity contribution < 1.29 is 14.2 Å². The van der Waals surface area contributed by atoms with E-state index in [0.717, 1.165) is 15.6 Å². The molecule has 4 heteroatoms. The van der Waals surface area contributed by atoms with Gasteiger partial charge in [-0.3, -0.25) is 0 Å². The van der Waals surface area contributed by atoms with E-state index in [0.29, 0.717) is 11.3 Å². The van der Waals surface area contributed by atoms with E-state index < -0.39 is 11.9 Å². The Kier molecular flexibility index (Phi) is 4.45. The summed E-state index contributed by atoms with van der Waals surface area (Å²) in [6.07, 6.45) is -1.07. The van der Waals surface area contributed by atoms with Crippen molar-refractivity contribution in [2.24, 2.45) is 0 Å². The maximum atomic E-state index is 13.9. The Hall–Kier alpha value is -1.39. The van der Waals surface area contributed by atoms with Gasteiger partial charge in [0.2, 0.25) is 0 Å². The molecule has 0 aromatic heterocycles. The Morgan fingerprint density at radius 2 is 1.90 bits per heavy atom. The minimum atomic E-state index is -1.07. The third-order valence-corrected chi connectivity index (χ3v) is 3.73. The van der Waals surface area contributed by atoms with Crippen LogP contribution in [0, 0.1) is 19.7 Å². The van der Waals surface area contributed by atoms with Crippen molar-refractivity contribution in [1.82, 2.24) is 0 Å². The molecule has 1 unspecified atom stereocenters. The quantitative estimate of drug-likeness (QED) is 0.904. The van der Waals surface area contributed by atoms with Gasteiger partial charge in [0.1, 0.15) is 17.7 Å². The van der Waals surface area contributed by atoms with Crippen LogP contribution in [-0.4, -0.2) is 12.2 Å². The van der Waals surface area contributed by atoms with Crippen LogP contribution < -0.4 is 4.74 Å². The molecule has 0 saturated carbocycles. The van der Waals surface area contributed by atoms with Crippen LogP contribution in [0.1, 0.15) is 28.4 Å². The molecule has 0 fully saturated rings. The van der Waals surface area contributed by atoms with Crippen molar-refractivity contribution in [3.63, 3.8) is 0 Å². The Balaban J connectivity index is 2.58. The molecule has 0 heterocycles. The van der Waals surface area contributed by atoms with Crippen molar-refractivity contribution in [2.45, 2.75) is 20.0 Å². The van der Waals surface area contributed by atoms with E-state index in [4.69, 9.17) is 4.74 Å². The van der Waals surface area contributed by atoms with Gasteiger partial charge in [-0.2, -0.15) is 0 Å². The van der Waals surface area contributed by atoms with Gasteiger partial charge >= 0.3 is 0 Å². The largest absolute Gasteiger partial charge is 0.496 e. The molecule has 106 valence electrons. The predicted molar refractivity (Wildman–Crippen MR) is 80.6 cm³/mol. The zero-order valence-electron chi connectivity index (χ0n) is 11.6. The first-order valence-electron chi connectivity index (χ1n) is 6.22. The summed E-state index contributed by atoms with van der Waals surface area (Å²) in [5.74, 6) is 0.122. The van der Waals surface area contributed by atoms with E-state index in [-0.39, 0.29) is 5.56 Å². The fraction of sp³-hybridized carbons (Fsp3) is 0.250. The molecule has 0 saturated heterocycles. The molecule has 1 atom stereocenters. The smallest absolute Gasteiger partial charge is 0.129 e. The standard InChI is InChI=1S/C16H16BrFO2/c1-9-6-10(2)15(14(7-9)20-3)16(19)12-8-11(17)4-5-13(12)18/h4-8,16,19H,1-3H3. The number of halogens is 2. The number of hydrogen-bond acceptors (Lipinski definition) is 2. The second-order valence-electron chi connectivity index (χ2n) is 4.77. The van der Waals surface area contributed by atoms with Gasteiger partial charge in [0.25, 0.3) is 0 Å². The number of aliphatic hydroxyl groups excluding tert-OH is 1. The van der Waals surface area contributed by atoms with Gasteiger partial charge in [-0.05, 0) is 49.2 Å². The Morgan fingerprint density at radius 3 is 2.55 bits per heavy atom. The average molecular weight is 339 g/mol. The fourth-order valence-corrected chi connectivity index (χ4v) is 2.72. The zero-order chi connectivity index (χ0) is 14.9. The van der Waals surface area contributed by atoms with Crippen LogP contribution in [0.15, 0.2) is 34.8 Å². The van der Waals surface area contributed by atoms with Crippen molar-refractivity contribution >= 4 is 15.9 Å². The first-order valence-corrected chi connectivity index (χ1v) is 7.01. The van der Waals surface area contributed by atoms with Gasteiger partial charge in [0.15, 0.2) is 0 Å². The molecule has 20 heavy (non-hydrogen) atoms. The van der Waals surface area contributed by atoms with Gasteiger partial charge in [-0.25, -0.2) is 4.39 Å². The number of methoxy groups -OCH3 is 1. The zero-order valence-corrected chi connectivity index (χ0v) is 13.2. The Bertz CT molecular complexity index is 641. The number of aryl methyl sites for hydroxylation is 2. The highest BCUT2D eigenvalue weighted by molar-refractivity contribution is 9.10. The summed E-state index contributed by atoms with van der Waals surface area (Å²) >= 11 is 3.29. The van der Waals surface area contributed by atoms with E-state index >= 15 is 0 Å². The minimum absolute atomic E-state index is 0.227.